The summed E-state index contributed by atoms with van der Waals surface area (Å²) in [7, 11) is -3.99. The van der Waals surface area contributed by atoms with E-state index in [1.54, 1.807) is 42.2 Å². The van der Waals surface area contributed by atoms with Gasteiger partial charge in [0.15, 0.2) is 0 Å². The minimum atomic E-state index is -3.99. The second kappa shape index (κ2) is 8.00. The molecule has 1 aromatic heterocycles. The molecule has 0 unspecified atom stereocenters. The molecule has 1 saturated heterocycles. The van der Waals surface area contributed by atoms with Crippen LogP contribution in [0.5, 0.6) is 0 Å². The Balaban J connectivity index is 2.00. The van der Waals surface area contributed by atoms with Crippen LogP contribution in [0.15, 0.2) is 52.4 Å². The molecule has 30 heavy (non-hydrogen) atoms. The number of amides is 1. The van der Waals surface area contributed by atoms with E-state index in [0.717, 1.165) is 24.8 Å². The normalized spacial score (nSPS) is 14.8. The summed E-state index contributed by atoms with van der Waals surface area (Å²) >= 11 is 6.20. The maximum Gasteiger partial charge on any atom is 0.256 e. The van der Waals surface area contributed by atoms with E-state index in [9.17, 15) is 13.2 Å². The van der Waals surface area contributed by atoms with Crippen molar-refractivity contribution in [2.75, 3.05) is 13.1 Å². The number of carbonyl (C=O) groups excluding carboxylic acids is 1. The van der Waals surface area contributed by atoms with Gasteiger partial charge in [-0.15, -0.1) is 0 Å². The van der Waals surface area contributed by atoms with Crippen molar-refractivity contribution in [2.24, 2.45) is 0 Å². The largest absolute Gasteiger partial charge is 0.339 e. The zero-order valence-electron chi connectivity index (χ0n) is 17.0. The van der Waals surface area contributed by atoms with E-state index in [-0.39, 0.29) is 21.3 Å². The van der Waals surface area contributed by atoms with Gasteiger partial charge in [-0.2, -0.15) is 0 Å². The predicted molar refractivity (Wildman–Crippen MR) is 118 cm³/mol. The standard InChI is InChI=1S/C23H23ClN2O3S/c1-15-6-9-21(16(2)12-15)30(28,29)22-18-13-17(24)7-8-20(18)25-14-19(22)23(27)26-10-4-3-5-11-26/h6-9,12-14H,3-5,10-11H2,1-2H3. The van der Waals surface area contributed by atoms with Crippen LogP contribution in [-0.2, 0) is 9.84 Å². The van der Waals surface area contributed by atoms with Crippen molar-refractivity contribution in [2.45, 2.75) is 42.9 Å². The third kappa shape index (κ3) is 3.70. The van der Waals surface area contributed by atoms with Gasteiger partial charge >= 0.3 is 0 Å². The number of carbonyl (C=O) groups is 1. The highest BCUT2D eigenvalue weighted by Crippen LogP contribution is 2.34. The van der Waals surface area contributed by atoms with E-state index in [0.29, 0.717) is 34.6 Å². The number of piperidine rings is 1. The van der Waals surface area contributed by atoms with Crippen LogP contribution < -0.4 is 0 Å². The second-order valence-electron chi connectivity index (χ2n) is 7.79. The summed E-state index contributed by atoms with van der Waals surface area (Å²) in [6.45, 7) is 4.92. The molecule has 5 nitrogen and oxygen atoms in total. The molecule has 1 aliphatic rings. The van der Waals surface area contributed by atoms with Gasteiger partial charge in [-0.05, 0) is 62.9 Å². The smallest absolute Gasteiger partial charge is 0.256 e. The predicted octanol–water partition coefficient (Wildman–Crippen LogP) is 4.96. The first-order valence-electron chi connectivity index (χ1n) is 9.99. The van der Waals surface area contributed by atoms with E-state index < -0.39 is 9.84 Å². The van der Waals surface area contributed by atoms with Crippen LogP contribution in [-0.4, -0.2) is 37.3 Å². The molecule has 156 valence electrons. The second-order valence-corrected chi connectivity index (χ2v) is 10.1. The van der Waals surface area contributed by atoms with Gasteiger partial charge in [0.25, 0.3) is 5.91 Å². The zero-order valence-corrected chi connectivity index (χ0v) is 18.6. The highest BCUT2D eigenvalue weighted by molar-refractivity contribution is 7.91. The lowest BCUT2D eigenvalue weighted by Crippen LogP contribution is -2.36. The Kier molecular flexibility index (Phi) is 5.55. The summed E-state index contributed by atoms with van der Waals surface area (Å²) < 4.78 is 27.7. The summed E-state index contributed by atoms with van der Waals surface area (Å²) in [5.41, 5.74) is 2.20. The van der Waals surface area contributed by atoms with Crippen molar-refractivity contribution < 1.29 is 13.2 Å². The Morgan fingerprint density at radius 1 is 1.03 bits per heavy atom. The number of halogens is 1. The van der Waals surface area contributed by atoms with Crippen LogP contribution in [0.2, 0.25) is 5.02 Å². The van der Waals surface area contributed by atoms with E-state index in [1.807, 2.05) is 13.0 Å². The fraction of sp³-hybridized carbons (Fsp3) is 0.304. The molecule has 0 atom stereocenters. The van der Waals surface area contributed by atoms with Crippen molar-refractivity contribution in [1.29, 1.82) is 0 Å². The molecule has 0 N–H and O–H groups in total. The Bertz CT molecular complexity index is 1250. The summed E-state index contributed by atoms with van der Waals surface area (Å²) in [4.78, 5) is 19.6. The zero-order chi connectivity index (χ0) is 21.5. The van der Waals surface area contributed by atoms with Gasteiger partial charge in [0.05, 0.1) is 20.9 Å². The number of rotatable bonds is 3. The van der Waals surface area contributed by atoms with Crippen LogP contribution in [0.1, 0.15) is 40.7 Å². The van der Waals surface area contributed by atoms with Gasteiger partial charge in [-0.25, -0.2) is 8.42 Å². The van der Waals surface area contributed by atoms with Crippen LogP contribution >= 0.6 is 11.6 Å². The summed E-state index contributed by atoms with van der Waals surface area (Å²) in [6.07, 6.45) is 4.29. The molecule has 1 fully saturated rings. The Hall–Kier alpha value is -2.44. The lowest BCUT2D eigenvalue weighted by atomic mass is 10.1. The molecule has 1 amide bonds. The van der Waals surface area contributed by atoms with E-state index in [2.05, 4.69) is 4.98 Å². The number of likely N-dealkylation sites (tertiary alicyclic amines) is 1. The van der Waals surface area contributed by atoms with Crippen LogP contribution in [0.3, 0.4) is 0 Å². The van der Waals surface area contributed by atoms with Gasteiger partial charge < -0.3 is 4.90 Å². The van der Waals surface area contributed by atoms with Gasteiger partial charge in [-0.1, -0.05) is 29.3 Å². The van der Waals surface area contributed by atoms with Crippen molar-refractivity contribution in [3.63, 3.8) is 0 Å². The number of sulfone groups is 1. The minimum Gasteiger partial charge on any atom is -0.339 e. The number of aromatic nitrogens is 1. The highest BCUT2D eigenvalue weighted by atomic mass is 35.5. The molecule has 2 heterocycles. The number of hydrogen-bond acceptors (Lipinski definition) is 4. The van der Waals surface area contributed by atoms with Crippen LogP contribution in [0.4, 0.5) is 0 Å². The SMILES string of the molecule is Cc1ccc(S(=O)(=O)c2c(C(=O)N3CCCCC3)cnc3ccc(Cl)cc23)c(C)c1. The van der Waals surface area contributed by atoms with Crippen LogP contribution in [0, 0.1) is 13.8 Å². The third-order valence-corrected chi connectivity index (χ3v) is 7.79. The molecule has 0 spiro atoms. The molecule has 0 radical (unpaired) electrons. The molecule has 7 heteroatoms. The van der Waals surface area contributed by atoms with Crippen molar-refractivity contribution in [3.8, 4) is 0 Å². The van der Waals surface area contributed by atoms with Gasteiger partial charge in [0.1, 0.15) is 0 Å². The molecule has 0 saturated carbocycles. The van der Waals surface area contributed by atoms with Crippen molar-refractivity contribution in [3.05, 3.63) is 64.3 Å². The first kappa shape index (κ1) is 20.8. The Morgan fingerprint density at radius 2 is 1.77 bits per heavy atom. The minimum absolute atomic E-state index is 0.0162. The average Bonchev–Trinajstić information content (AvgIpc) is 2.72. The molecule has 3 aromatic rings. The topological polar surface area (TPSA) is 67.3 Å². The van der Waals surface area contributed by atoms with E-state index in [1.165, 1.54) is 6.20 Å². The van der Waals surface area contributed by atoms with Crippen molar-refractivity contribution >= 4 is 38.2 Å². The molecule has 2 aromatic carbocycles. The quantitative estimate of drug-likeness (QED) is 0.574. The van der Waals surface area contributed by atoms with Gasteiger partial charge in [0, 0.05) is 29.7 Å². The van der Waals surface area contributed by atoms with E-state index in [4.69, 9.17) is 11.6 Å². The summed E-state index contributed by atoms with van der Waals surface area (Å²) in [5.74, 6) is -0.299. The number of fused-ring (bicyclic) bond motifs is 1. The Labute approximate surface area is 181 Å². The highest BCUT2D eigenvalue weighted by Gasteiger charge is 2.31. The number of aryl methyl sites for hydroxylation is 2. The molecule has 1 aliphatic heterocycles. The van der Waals surface area contributed by atoms with Crippen molar-refractivity contribution in [1.82, 2.24) is 9.88 Å². The number of hydrogen-bond donors (Lipinski definition) is 0. The molecular formula is C23H23ClN2O3S. The van der Waals surface area contributed by atoms with E-state index >= 15 is 0 Å². The molecule has 4 rings (SSSR count). The van der Waals surface area contributed by atoms with Gasteiger partial charge in [-0.3, -0.25) is 9.78 Å². The number of nitrogens with zero attached hydrogens (tertiary/aromatic N) is 2. The maximum absolute atomic E-state index is 13.9. The summed E-state index contributed by atoms with van der Waals surface area (Å²) in [5, 5.41) is 0.759. The molecular weight excluding hydrogens is 420 g/mol. The number of benzene rings is 2. The lowest BCUT2D eigenvalue weighted by Gasteiger charge is -2.27. The van der Waals surface area contributed by atoms with Gasteiger partial charge in [0.2, 0.25) is 9.84 Å². The fourth-order valence-corrected chi connectivity index (χ4v) is 6.07. The average molecular weight is 443 g/mol. The maximum atomic E-state index is 13.9. The molecule has 0 bridgehead atoms. The first-order chi connectivity index (χ1) is 14.3. The van der Waals surface area contributed by atoms with Crippen LogP contribution in [0.25, 0.3) is 10.9 Å². The third-order valence-electron chi connectivity index (χ3n) is 5.54. The molecule has 0 aliphatic carbocycles. The first-order valence-corrected chi connectivity index (χ1v) is 11.8. The monoisotopic (exact) mass is 442 g/mol. The summed E-state index contributed by atoms with van der Waals surface area (Å²) in [6, 6.07) is 10.1. The lowest BCUT2D eigenvalue weighted by molar-refractivity contribution is 0.0720. The fourth-order valence-electron chi connectivity index (χ4n) is 4.06. The number of pyridine rings is 1. The Morgan fingerprint density at radius 3 is 2.47 bits per heavy atom.